The van der Waals surface area contributed by atoms with Gasteiger partial charge in [-0.3, -0.25) is 9.59 Å². The predicted octanol–water partition coefficient (Wildman–Crippen LogP) is 6.31. The summed E-state index contributed by atoms with van der Waals surface area (Å²) in [6.45, 7) is 14.5. The monoisotopic (exact) mass is 754 g/mol. The van der Waals surface area contributed by atoms with E-state index in [0.717, 1.165) is 22.3 Å². The van der Waals surface area contributed by atoms with Crippen molar-refractivity contribution in [1.82, 2.24) is 21.3 Å². The maximum absolute atomic E-state index is 13.8. The first kappa shape index (κ1) is 43.1. The first-order valence-corrected chi connectivity index (χ1v) is 19.7. The van der Waals surface area contributed by atoms with E-state index in [1.165, 1.54) is 11.8 Å². The number of unbranched alkanes of at least 4 members (excludes halogenated alkanes) is 1. The highest BCUT2D eigenvalue weighted by molar-refractivity contribution is 7.98. The van der Waals surface area contributed by atoms with Gasteiger partial charge in [0.2, 0.25) is 11.8 Å². The topological polar surface area (TPSA) is 161 Å². The SMILES string of the molecule is CSCC[C@H](NC(=O)[C@@H](NC(=O)[C@H](CCCCNC(=O)OC(C)(C)C)NC(=O)OCC1c2ccccc2-c2ccccc21)C(C)C)C(=O)OC(C)(C)C. The van der Waals surface area contributed by atoms with Gasteiger partial charge in [0.15, 0.2) is 0 Å². The van der Waals surface area contributed by atoms with E-state index >= 15 is 0 Å². The maximum Gasteiger partial charge on any atom is 0.407 e. The number of alkyl carbamates (subject to hydrolysis) is 2. The minimum absolute atomic E-state index is 0.0626. The highest BCUT2D eigenvalue weighted by atomic mass is 32.2. The number of hydrogen-bond acceptors (Lipinski definition) is 9. The molecule has 0 bridgehead atoms. The summed E-state index contributed by atoms with van der Waals surface area (Å²) in [5, 5.41) is 11.0. The van der Waals surface area contributed by atoms with Crippen LogP contribution in [0.3, 0.4) is 0 Å². The van der Waals surface area contributed by atoms with Gasteiger partial charge < -0.3 is 35.5 Å². The van der Waals surface area contributed by atoms with Crippen LogP contribution in [0.4, 0.5) is 9.59 Å². The Morgan fingerprint density at radius 3 is 1.85 bits per heavy atom. The Hall–Kier alpha value is -4.26. The summed E-state index contributed by atoms with van der Waals surface area (Å²) < 4.78 is 16.6. The van der Waals surface area contributed by atoms with Crippen molar-refractivity contribution in [1.29, 1.82) is 0 Å². The second kappa shape index (κ2) is 19.7. The largest absolute Gasteiger partial charge is 0.458 e. The van der Waals surface area contributed by atoms with Crippen LogP contribution in [0.5, 0.6) is 0 Å². The van der Waals surface area contributed by atoms with Crippen LogP contribution in [0.15, 0.2) is 48.5 Å². The molecule has 2 aromatic carbocycles. The minimum Gasteiger partial charge on any atom is -0.458 e. The molecule has 0 aromatic heterocycles. The third kappa shape index (κ3) is 13.9. The minimum atomic E-state index is -1.06. The van der Waals surface area contributed by atoms with Gasteiger partial charge in [-0.2, -0.15) is 11.8 Å². The van der Waals surface area contributed by atoms with E-state index in [0.29, 0.717) is 31.6 Å². The molecule has 12 nitrogen and oxygen atoms in total. The van der Waals surface area contributed by atoms with Crippen molar-refractivity contribution in [3.63, 3.8) is 0 Å². The molecule has 292 valence electrons. The highest BCUT2D eigenvalue weighted by Crippen LogP contribution is 2.44. The lowest BCUT2D eigenvalue weighted by Crippen LogP contribution is -2.57. The number of benzene rings is 2. The van der Waals surface area contributed by atoms with Gasteiger partial charge in [0.1, 0.15) is 35.9 Å². The first-order chi connectivity index (χ1) is 24.9. The zero-order chi connectivity index (χ0) is 39.3. The summed E-state index contributed by atoms with van der Waals surface area (Å²) in [7, 11) is 0. The molecule has 0 radical (unpaired) electrons. The van der Waals surface area contributed by atoms with Crippen LogP contribution in [0.1, 0.15) is 98.1 Å². The van der Waals surface area contributed by atoms with E-state index < -0.39 is 59.3 Å². The molecular formula is C40H58N4O8S. The van der Waals surface area contributed by atoms with Crippen molar-refractivity contribution in [2.75, 3.05) is 25.2 Å². The third-order valence-electron chi connectivity index (χ3n) is 8.41. The van der Waals surface area contributed by atoms with Gasteiger partial charge in [0, 0.05) is 12.5 Å². The van der Waals surface area contributed by atoms with Crippen LogP contribution in [-0.2, 0) is 28.6 Å². The number of carbonyl (C=O) groups excluding carboxylic acids is 5. The second-order valence-electron chi connectivity index (χ2n) is 15.6. The lowest BCUT2D eigenvalue weighted by Gasteiger charge is -2.28. The average Bonchev–Trinajstić information content (AvgIpc) is 3.38. The molecule has 13 heteroatoms. The summed E-state index contributed by atoms with van der Waals surface area (Å²) in [6.07, 6.45) is 2.09. The Bertz CT molecular complexity index is 1520. The fraction of sp³-hybridized carbons (Fsp3) is 0.575. The number of ether oxygens (including phenoxy) is 3. The molecule has 0 saturated carbocycles. The quantitative estimate of drug-likeness (QED) is 0.0825. The molecule has 0 saturated heterocycles. The highest BCUT2D eigenvalue weighted by Gasteiger charge is 2.34. The molecule has 0 heterocycles. The predicted molar refractivity (Wildman–Crippen MR) is 208 cm³/mol. The Morgan fingerprint density at radius 1 is 0.717 bits per heavy atom. The number of nitrogens with one attached hydrogen (secondary N) is 4. The molecule has 3 atom stereocenters. The lowest BCUT2D eigenvalue weighted by molar-refractivity contribution is -0.158. The Morgan fingerprint density at radius 2 is 1.30 bits per heavy atom. The van der Waals surface area contributed by atoms with E-state index in [4.69, 9.17) is 14.2 Å². The van der Waals surface area contributed by atoms with E-state index in [1.54, 1.807) is 55.4 Å². The van der Waals surface area contributed by atoms with Gasteiger partial charge in [-0.15, -0.1) is 0 Å². The standard InChI is InChI=1S/C40H58N4O8S/c1-25(2)33(35(46)42-32(21-23-53-9)36(47)51-39(3,4)5)44-34(45)31(20-14-15-22-41-37(48)52-40(6,7)8)43-38(49)50-24-30-28-18-12-10-16-26(28)27-17-11-13-19-29(27)30/h10-13,16-19,25,30-33H,14-15,20-24H2,1-9H3,(H,41,48)(H,42,46)(H,43,49)(H,44,45)/t31-,32-,33-/m0/s1. The van der Waals surface area contributed by atoms with Gasteiger partial charge in [-0.05, 0) is 107 Å². The fourth-order valence-corrected chi connectivity index (χ4v) is 6.41. The first-order valence-electron chi connectivity index (χ1n) is 18.3. The van der Waals surface area contributed by atoms with Crippen LogP contribution < -0.4 is 21.3 Å². The molecule has 3 rings (SSSR count). The number of amides is 4. The summed E-state index contributed by atoms with van der Waals surface area (Å²) in [4.78, 5) is 65.9. The van der Waals surface area contributed by atoms with Crippen molar-refractivity contribution < 1.29 is 38.2 Å². The zero-order valence-corrected chi connectivity index (χ0v) is 33.4. The van der Waals surface area contributed by atoms with Gasteiger partial charge in [-0.25, -0.2) is 14.4 Å². The van der Waals surface area contributed by atoms with E-state index in [9.17, 15) is 24.0 Å². The number of esters is 1. The number of carbonyl (C=O) groups is 5. The van der Waals surface area contributed by atoms with Crippen molar-refractivity contribution in [2.45, 2.75) is 116 Å². The molecule has 53 heavy (non-hydrogen) atoms. The van der Waals surface area contributed by atoms with E-state index in [-0.39, 0.29) is 24.9 Å². The van der Waals surface area contributed by atoms with Gasteiger partial charge in [0.25, 0.3) is 0 Å². The van der Waals surface area contributed by atoms with Gasteiger partial charge >= 0.3 is 18.2 Å². The number of rotatable bonds is 17. The molecule has 2 aromatic rings. The molecule has 4 amide bonds. The van der Waals surface area contributed by atoms with Crippen LogP contribution >= 0.6 is 11.8 Å². The molecule has 0 fully saturated rings. The summed E-state index contributed by atoms with van der Waals surface area (Å²) in [6, 6.07) is 13.0. The molecule has 1 aliphatic carbocycles. The summed E-state index contributed by atoms with van der Waals surface area (Å²) in [5.41, 5.74) is 2.92. The van der Waals surface area contributed by atoms with E-state index in [2.05, 4.69) is 21.3 Å². The van der Waals surface area contributed by atoms with Crippen LogP contribution in [0.25, 0.3) is 11.1 Å². The number of thioether (sulfide) groups is 1. The molecule has 0 spiro atoms. The Balaban J connectivity index is 1.72. The van der Waals surface area contributed by atoms with Crippen molar-refractivity contribution in [3.05, 3.63) is 59.7 Å². The summed E-state index contributed by atoms with van der Waals surface area (Å²) >= 11 is 1.54. The van der Waals surface area contributed by atoms with Crippen molar-refractivity contribution >= 4 is 41.7 Å². The number of fused-ring (bicyclic) bond motifs is 3. The maximum atomic E-state index is 13.8. The fourth-order valence-electron chi connectivity index (χ4n) is 5.94. The lowest BCUT2D eigenvalue weighted by atomic mass is 9.98. The number of hydrogen-bond donors (Lipinski definition) is 4. The van der Waals surface area contributed by atoms with Crippen LogP contribution in [0.2, 0.25) is 0 Å². The average molecular weight is 755 g/mol. The normalized spacial score (nSPS) is 14.2. The molecule has 4 N–H and O–H groups in total. The van der Waals surface area contributed by atoms with Crippen LogP contribution in [0, 0.1) is 5.92 Å². The van der Waals surface area contributed by atoms with Gasteiger partial charge in [-0.1, -0.05) is 62.4 Å². The van der Waals surface area contributed by atoms with Crippen molar-refractivity contribution in [2.24, 2.45) is 5.92 Å². The summed E-state index contributed by atoms with van der Waals surface area (Å²) in [5.74, 6) is -1.58. The Labute approximate surface area is 318 Å². The Kier molecular flexibility index (Phi) is 16.0. The smallest absolute Gasteiger partial charge is 0.407 e. The van der Waals surface area contributed by atoms with Crippen molar-refractivity contribution in [3.8, 4) is 11.1 Å². The molecule has 0 unspecified atom stereocenters. The molecular weight excluding hydrogens is 697 g/mol. The zero-order valence-electron chi connectivity index (χ0n) is 32.6. The molecule has 0 aliphatic heterocycles. The molecule has 1 aliphatic rings. The van der Waals surface area contributed by atoms with Crippen LogP contribution in [-0.4, -0.2) is 84.5 Å². The van der Waals surface area contributed by atoms with Gasteiger partial charge in [0.05, 0.1) is 0 Å². The third-order valence-corrected chi connectivity index (χ3v) is 9.05. The second-order valence-corrected chi connectivity index (χ2v) is 16.5. The van der Waals surface area contributed by atoms with E-state index in [1.807, 2.05) is 54.8 Å².